The van der Waals surface area contributed by atoms with E-state index in [0.717, 1.165) is 5.56 Å². The van der Waals surface area contributed by atoms with Gasteiger partial charge in [-0.25, -0.2) is 0 Å². The highest BCUT2D eigenvalue weighted by atomic mass is 32.1. The minimum atomic E-state index is -0.506. The molecular weight excluding hydrogens is 332 g/mol. The lowest BCUT2D eigenvalue weighted by atomic mass is 10.2. The van der Waals surface area contributed by atoms with Crippen LogP contribution in [0.15, 0.2) is 35.0 Å². The molecule has 7 nitrogen and oxygen atoms in total. The number of hydrogen-bond acceptors (Lipinski definition) is 6. The molecule has 2 rings (SSSR count). The van der Waals surface area contributed by atoms with Gasteiger partial charge in [-0.05, 0) is 47.4 Å². The number of anilines is 1. The van der Waals surface area contributed by atoms with Crippen molar-refractivity contribution in [2.24, 2.45) is 0 Å². The zero-order valence-electron chi connectivity index (χ0n) is 13.0. The number of esters is 1. The fourth-order valence-corrected chi connectivity index (χ4v) is 2.69. The van der Waals surface area contributed by atoms with E-state index in [9.17, 15) is 19.7 Å². The number of ether oxygens (including phenoxy) is 1. The molecule has 0 aliphatic heterocycles. The monoisotopic (exact) mass is 348 g/mol. The molecule has 1 amide bonds. The number of carbonyl (C=O) groups is 2. The molecule has 24 heavy (non-hydrogen) atoms. The van der Waals surface area contributed by atoms with Gasteiger partial charge in [0.15, 0.2) is 6.61 Å². The van der Waals surface area contributed by atoms with Crippen molar-refractivity contribution < 1.29 is 19.2 Å². The Labute approximate surface area is 142 Å². The topological polar surface area (TPSA) is 98.5 Å². The van der Waals surface area contributed by atoms with Crippen LogP contribution < -0.4 is 5.32 Å². The Hall–Kier alpha value is -2.74. The summed E-state index contributed by atoms with van der Waals surface area (Å²) in [7, 11) is 0. The number of aryl methyl sites for hydroxylation is 2. The van der Waals surface area contributed by atoms with Crippen LogP contribution in [0.3, 0.4) is 0 Å². The fraction of sp³-hybridized carbons (Fsp3) is 0.250. The molecule has 1 heterocycles. The summed E-state index contributed by atoms with van der Waals surface area (Å²) >= 11 is 1.56. The number of hydrogen-bond donors (Lipinski definition) is 1. The lowest BCUT2D eigenvalue weighted by molar-refractivity contribution is -0.384. The predicted octanol–water partition coefficient (Wildman–Crippen LogP) is 3.08. The van der Waals surface area contributed by atoms with Gasteiger partial charge >= 0.3 is 5.97 Å². The molecule has 1 aromatic carbocycles. The Morgan fingerprint density at radius 2 is 2.12 bits per heavy atom. The Kier molecular flexibility index (Phi) is 6.02. The molecule has 0 fully saturated rings. The molecule has 0 radical (unpaired) electrons. The van der Waals surface area contributed by atoms with Crippen LogP contribution in [-0.4, -0.2) is 23.4 Å². The third kappa shape index (κ3) is 5.17. The van der Waals surface area contributed by atoms with Crippen molar-refractivity contribution >= 4 is 34.6 Å². The summed E-state index contributed by atoms with van der Waals surface area (Å²) < 4.78 is 4.92. The van der Waals surface area contributed by atoms with E-state index in [1.807, 2.05) is 16.8 Å². The first-order valence-corrected chi connectivity index (χ1v) is 8.11. The van der Waals surface area contributed by atoms with Crippen LogP contribution in [0.25, 0.3) is 0 Å². The van der Waals surface area contributed by atoms with Gasteiger partial charge in [-0.15, -0.1) is 0 Å². The smallest absolute Gasteiger partial charge is 0.306 e. The maximum atomic E-state index is 11.8. The van der Waals surface area contributed by atoms with Crippen LogP contribution in [-0.2, 0) is 20.7 Å². The molecule has 126 valence electrons. The summed E-state index contributed by atoms with van der Waals surface area (Å²) in [5.41, 5.74) is 2.01. The third-order valence-corrected chi connectivity index (χ3v) is 3.99. The van der Waals surface area contributed by atoms with E-state index in [1.165, 1.54) is 18.2 Å². The number of non-ortho nitro benzene ring substituents is 1. The second-order valence-corrected chi connectivity index (χ2v) is 5.88. The number of nitro groups is 1. The predicted molar refractivity (Wildman–Crippen MR) is 90.1 cm³/mol. The molecule has 0 aliphatic rings. The zero-order chi connectivity index (χ0) is 17.5. The molecule has 0 aliphatic carbocycles. The highest BCUT2D eigenvalue weighted by Gasteiger charge is 2.12. The van der Waals surface area contributed by atoms with Crippen LogP contribution in [0, 0.1) is 17.0 Å². The summed E-state index contributed by atoms with van der Waals surface area (Å²) in [6.07, 6.45) is 0.784. The Bertz CT molecular complexity index is 743. The number of rotatable bonds is 7. The van der Waals surface area contributed by atoms with Crippen LogP contribution in [0.2, 0.25) is 0 Å². The van der Waals surface area contributed by atoms with Crippen molar-refractivity contribution in [2.45, 2.75) is 19.8 Å². The minimum Gasteiger partial charge on any atom is -0.456 e. The maximum Gasteiger partial charge on any atom is 0.306 e. The Morgan fingerprint density at radius 1 is 1.33 bits per heavy atom. The van der Waals surface area contributed by atoms with Crippen LogP contribution in [0.4, 0.5) is 11.4 Å². The van der Waals surface area contributed by atoms with Crippen molar-refractivity contribution in [1.29, 1.82) is 0 Å². The second-order valence-electron chi connectivity index (χ2n) is 5.10. The van der Waals surface area contributed by atoms with Gasteiger partial charge in [-0.3, -0.25) is 19.7 Å². The van der Waals surface area contributed by atoms with E-state index in [-0.39, 0.29) is 18.7 Å². The summed E-state index contributed by atoms with van der Waals surface area (Å²) in [5, 5.41) is 17.1. The van der Waals surface area contributed by atoms with Crippen LogP contribution >= 0.6 is 11.3 Å². The number of thiophene rings is 1. The van der Waals surface area contributed by atoms with Crippen LogP contribution in [0.1, 0.15) is 17.5 Å². The number of carbonyl (C=O) groups excluding carboxylic acids is 2. The first kappa shape index (κ1) is 17.6. The van der Waals surface area contributed by atoms with E-state index >= 15 is 0 Å². The van der Waals surface area contributed by atoms with E-state index in [2.05, 4.69) is 5.32 Å². The van der Waals surface area contributed by atoms with Gasteiger partial charge in [0.2, 0.25) is 0 Å². The Balaban J connectivity index is 1.78. The Morgan fingerprint density at radius 3 is 2.75 bits per heavy atom. The molecule has 1 aromatic heterocycles. The van der Waals surface area contributed by atoms with Gasteiger partial charge in [0.25, 0.3) is 11.6 Å². The maximum absolute atomic E-state index is 11.8. The number of nitrogens with one attached hydrogen (secondary N) is 1. The SMILES string of the molecule is Cc1cc([N+](=O)[O-])ccc1NC(=O)COC(=O)CCc1ccsc1. The van der Waals surface area contributed by atoms with Crippen molar-refractivity contribution in [1.82, 2.24) is 0 Å². The quantitative estimate of drug-likeness (QED) is 0.471. The van der Waals surface area contributed by atoms with Gasteiger partial charge < -0.3 is 10.1 Å². The summed E-state index contributed by atoms with van der Waals surface area (Å²) in [6, 6.07) is 6.05. The van der Waals surface area contributed by atoms with E-state index in [1.54, 1.807) is 18.3 Å². The minimum absolute atomic E-state index is 0.0506. The highest BCUT2D eigenvalue weighted by Crippen LogP contribution is 2.21. The molecule has 0 saturated carbocycles. The number of nitrogens with zero attached hydrogens (tertiary/aromatic N) is 1. The first-order chi connectivity index (χ1) is 11.5. The normalized spacial score (nSPS) is 10.2. The highest BCUT2D eigenvalue weighted by molar-refractivity contribution is 7.07. The molecule has 8 heteroatoms. The fourth-order valence-electron chi connectivity index (χ4n) is 1.99. The summed E-state index contributed by atoms with van der Waals surface area (Å²) in [5.74, 6) is -0.937. The van der Waals surface area contributed by atoms with E-state index in [0.29, 0.717) is 17.7 Å². The lowest BCUT2D eigenvalue weighted by Crippen LogP contribution is -2.21. The average molecular weight is 348 g/mol. The van der Waals surface area contributed by atoms with Gasteiger partial charge in [-0.2, -0.15) is 11.3 Å². The first-order valence-electron chi connectivity index (χ1n) is 7.17. The molecule has 0 spiro atoms. The molecule has 0 unspecified atom stereocenters. The standard InChI is InChI=1S/C16H16N2O5S/c1-11-8-13(18(21)22)3-4-14(11)17-15(19)9-23-16(20)5-2-12-6-7-24-10-12/h3-4,6-8,10H,2,5,9H2,1H3,(H,17,19). The molecule has 2 aromatic rings. The molecule has 0 bridgehead atoms. The van der Waals surface area contributed by atoms with Crippen molar-refractivity contribution in [3.05, 3.63) is 56.3 Å². The number of benzene rings is 1. The summed E-state index contributed by atoms with van der Waals surface area (Å²) in [6.45, 7) is 1.26. The van der Waals surface area contributed by atoms with Gasteiger partial charge in [-0.1, -0.05) is 0 Å². The second kappa shape index (κ2) is 8.21. The number of amides is 1. The van der Waals surface area contributed by atoms with Crippen molar-refractivity contribution in [2.75, 3.05) is 11.9 Å². The van der Waals surface area contributed by atoms with Gasteiger partial charge in [0, 0.05) is 24.2 Å². The molecule has 1 N–H and O–H groups in total. The van der Waals surface area contributed by atoms with Crippen LogP contribution in [0.5, 0.6) is 0 Å². The lowest BCUT2D eigenvalue weighted by Gasteiger charge is -2.08. The summed E-state index contributed by atoms with van der Waals surface area (Å²) in [4.78, 5) is 33.6. The zero-order valence-corrected chi connectivity index (χ0v) is 13.8. The van der Waals surface area contributed by atoms with Gasteiger partial charge in [0.1, 0.15) is 0 Å². The van der Waals surface area contributed by atoms with E-state index in [4.69, 9.17) is 4.74 Å². The van der Waals surface area contributed by atoms with E-state index < -0.39 is 16.8 Å². The molecule has 0 atom stereocenters. The molecular formula is C16H16N2O5S. The molecule has 0 saturated heterocycles. The average Bonchev–Trinajstić information content (AvgIpc) is 3.06. The van der Waals surface area contributed by atoms with Crippen molar-refractivity contribution in [3.8, 4) is 0 Å². The van der Waals surface area contributed by atoms with Gasteiger partial charge in [0.05, 0.1) is 4.92 Å². The number of nitro benzene ring substituents is 1. The third-order valence-electron chi connectivity index (χ3n) is 3.26. The van der Waals surface area contributed by atoms with Crippen molar-refractivity contribution in [3.63, 3.8) is 0 Å². The largest absolute Gasteiger partial charge is 0.456 e.